The van der Waals surface area contributed by atoms with Crippen molar-refractivity contribution in [1.29, 1.82) is 0 Å². The molecule has 0 fully saturated rings. The highest BCUT2D eigenvalue weighted by Crippen LogP contribution is 2.03. The van der Waals surface area contributed by atoms with Gasteiger partial charge in [0.2, 0.25) is 0 Å². The molecular formula is C12H16N2. The van der Waals surface area contributed by atoms with Crippen LogP contribution in [0.1, 0.15) is 25.8 Å². The van der Waals surface area contributed by atoms with Gasteiger partial charge in [0.05, 0.1) is 0 Å². The molecule has 0 saturated carbocycles. The third kappa shape index (κ3) is 2.80. The number of amidine groups is 1. The second-order valence-electron chi connectivity index (χ2n) is 3.11. The smallest absolute Gasteiger partial charge is 0.154 e. The zero-order valence-corrected chi connectivity index (χ0v) is 8.99. The van der Waals surface area contributed by atoms with E-state index in [-0.39, 0.29) is 0 Å². The molecule has 74 valence electrons. The molecule has 1 aromatic rings. The molecule has 0 aromatic heterocycles. The fraction of sp³-hybridized carbons (Fsp3) is 0.333. The highest BCUT2D eigenvalue weighted by Gasteiger charge is 1.99. The Hall–Kier alpha value is -1.44. The summed E-state index contributed by atoms with van der Waals surface area (Å²) in [6.07, 6.45) is 0.964. The standard InChI is InChI=1S/C12H16N2/c1-4-10(2)14-12(13-3)11-8-6-5-7-9-11/h5-9H,4H2,1-3H3. The zero-order chi connectivity index (χ0) is 10.4. The maximum absolute atomic E-state index is 4.45. The number of benzene rings is 1. The van der Waals surface area contributed by atoms with Crippen molar-refractivity contribution in [2.45, 2.75) is 20.3 Å². The monoisotopic (exact) mass is 188 g/mol. The molecule has 14 heavy (non-hydrogen) atoms. The lowest BCUT2D eigenvalue weighted by molar-refractivity contribution is 1.25. The molecule has 0 aliphatic rings. The van der Waals surface area contributed by atoms with Crippen molar-refractivity contribution in [1.82, 2.24) is 0 Å². The molecule has 0 radical (unpaired) electrons. The Balaban J connectivity index is 2.96. The second-order valence-corrected chi connectivity index (χ2v) is 3.11. The van der Waals surface area contributed by atoms with Gasteiger partial charge in [-0.1, -0.05) is 37.3 Å². The molecule has 0 N–H and O–H groups in total. The second kappa shape index (κ2) is 5.32. The van der Waals surface area contributed by atoms with Gasteiger partial charge in [0, 0.05) is 18.3 Å². The number of aliphatic imine (C=N–C) groups is 2. The van der Waals surface area contributed by atoms with E-state index in [1.54, 1.807) is 7.05 Å². The van der Waals surface area contributed by atoms with Gasteiger partial charge >= 0.3 is 0 Å². The molecule has 0 spiro atoms. The Labute approximate surface area is 85.4 Å². The van der Waals surface area contributed by atoms with Crippen molar-refractivity contribution in [2.24, 2.45) is 9.98 Å². The van der Waals surface area contributed by atoms with Gasteiger partial charge in [0.15, 0.2) is 5.84 Å². The maximum atomic E-state index is 4.45. The summed E-state index contributed by atoms with van der Waals surface area (Å²) < 4.78 is 0. The summed E-state index contributed by atoms with van der Waals surface area (Å²) in [6, 6.07) is 10.0. The first-order valence-electron chi connectivity index (χ1n) is 4.84. The zero-order valence-electron chi connectivity index (χ0n) is 8.99. The summed E-state index contributed by atoms with van der Waals surface area (Å²) in [7, 11) is 1.77. The van der Waals surface area contributed by atoms with Crippen molar-refractivity contribution < 1.29 is 0 Å². The summed E-state index contributed by atoms with van der Waals surface area (Å²) in [5, 5.41) is 0. The van der Waals surface area contributed by atoms with E-state index in [1.165, 1.54) is 0 Å². The number of nitrogens with zero attached hydrogens (tertiary/aromatic N) is 2. The van der Waals surface area contributed by atoms with Crippen LogP contribution >= 0.6 is 0 Å². The molecule has 0 bridgehead atoms. The van der Waals surface area contributed by atoms with Gasteiger partial charge in [-0.15, -0.1) is 0 Å². The van der Waals surface area contributed by atoms with Crippen LogP contribution in [0.4, 0.5) is 0 Å². The quantitative estimate of drug-likeness (QED) is 0.503. The van der Waals surface area contributed by atoms with Gasteiger partial charge in [-0.2, -0.15) is 0 Å². The first-order chi connectivity index (χ1) is 6.77. The number of hydrogen-bond acceptors (Lipinski definition) is 1. The van der Waals surface area contributed by atoms with E-state index in [9.17, 15) is 0 Å². The summed E-state index contributed by atoms with van der Waals surface area (Å²) in [5.74, 6) is 0.810. The van der Waals surface area contributed by atoms with Crippen molar-refractivity contribution in [3.8, 4) is 0 Å². The van der Waals surface area contributed by atoms with Gasteiger partial charge in [0.1, 0.15) is 0 Å². The highest BCUT2D eigenvalue weighted by atomic mass is 14.9. The van der Waals surface area contributed by atoms with Gasteiger partial charge in [-0.25, -0.2) is 4.99 Å². The van der Waals surface area contributed by atoms with Crippen molar-refractivity contribution >= 4 is 11.5 Å². The van der Waals surface area contributed by atoms with E-state index >= 15 is 0 Å². The van der Waals surface area contributed by atoms with Crippen molar-refractivity contribution in [3.05, 3.63) is 35.9 Å². The van der Waals surface area contributed by atoms with Crippen LogP contribution in [0.15, 0.2) is 40.3 Å². The van der Waals surface area contributed by atoms with Gasteiger partial charge in [-0.3, -0.25) is 4.99 Å². The Kier molecular flexibility index (Phi) is 4.05. The maximum Gasteiger partial charge on any atom is 0.154 e. The van der Waals surface area contributed by atoms with Crippen LogP contribution in [-0.4, -0.2) is 18.6 Å². The van der Waals surface area contributed by atoms with E-state index in [4.69, 9.17) is 0 Å². The van der Waals surface area contributed by atoms with Crippen LogP contribution in [0, 0.1) is 0 Å². The van der Waals surface area contributed by atoms with Crippen LogP contribution in [0.25, 0.3) is 0 Å². The Morgan fingerprint density at radius 3 is 2.36 bits per heavy atom. The van der Waals surface area contributed by atoms with Crippen LogP contribution in [0.2, 0.25) is 0 Å². The minimum atomic E-state index is 0.810. The van der Waals surface area contributed by atoms with E-state index in [1.807, 2.05) is 37.3 Å². The Morgan fingerprint density at radius 2 is 1.86 bits per heavy atom. The van der Waals surface area contributed by atoms with Crippen LogP contribution in [0.3, 0.4) is 0 Å². The molecule has 0 aliphatic carbocycles. The first-order valence-corrected chi connectivity index (χ1v) is 4.84. The topological polar surface area (TPSA) is 24.7 Å². The summed E-state index contributed by atoms with van der Waals surface area (Å²) in [5.41, 5.74) is 2.18. The molecule has 0 saturated heterocycles. The molecule has 0 atom stereocenters. The molecule has 0 amide bonds. The molecule has 2 nitrogen and oxygen atoms in total. The Bertz CT molecular complexity index is 337. The summed E-state index contributed by atoms with van der Waals surface area (Å²) >= 11 is 0. The number of hydrogen-bond donors (Lipinski definition) is 0. The normalized spacial score (nSPS) is 13.1. The van der Waals surface area contributed by atoms with Gasteiger partial charge in [0.25, 0.3) is 0 Å². The largest absolute Gasteiger partial charge is 0.270 e. The minimum absolute atomic E-state index is 0.810. The lowest BCUT2D eigenvalue weighted by Gasteiger charge is -2.01. The Morgan fingerprint density at radius 1 is 1.21 bits per heavy atom. The van der Waals surface area contributed by atoms with Crippen molar-refractivity contribution in [3.63, 3.8) is 0 Å². The predicted molar refractivity (Wildman–Crippen MR) is 62.3 cm³/mol. The molecule has 1 aromatic carbocycles. The van der Waals surface area contributed by atoms with Crippen LogP contribution in [-0.2, 0) is 0 Å². The minimum Gasteiger partial charge on any atom is -0.270 e. The SMILES string of the molecule is CCC(C)=NC(=NC)c1ccccc1. The molecule has 0 aliphatic heterocycles. The average Bonchev–Trinajstić information content (AvgIpc) is 2.26. The fourth-order valence-corrected chi connectivity index (χ4v) is 1.09. The molecule has 1 rings (SSSR count). The average molecular weight is 188 g/mol. The fourth-order valence-electron chi connectivity index (χ4n) is 1.09. The molecule has 0 unspecified atom stereocenters. The lowest BCUT2D eigenvalue weighted by Crippen LogP contribution is -2.00. The molecule has 2 heteroatoms. The predicted octanol–water partition coefficient (Wildman–Crippen LogP) is 2.93. The van der Waals surface area contributed by atoms with Crippen LogP contribution in [0.5, 0.6) is 0 Å². The van der Waals surface area contributed by atoms with Crippen LogP contribution < -0.4 is 0 Å². The first kappa shape index (κ1) is 10.6. The third-order valence-corrected chi connectivity index (χ3v) is 2.05. The number of rotatable bonds is 2. The third-order valence-electron chi connectivity index (χ3n) is 2.05. The summed E-state index contributed by atoms with van der Waals surface area (Å²) in [4.78, 5) is 8.63. The van der Waals surface area contributed by atoms with E-state index in [0.717, 1.165) is 23.5 Å². The van der Waals surface area contributed by atoms with E-state index in [2.05, 4.69) is 16.9 Å². The highest BCUT2D eigenvalue weighted by molar-refractivity contribution is 6.06. The lowest BCUT2D eigenvalue weighted by atomic mass is 10.2. The van der Waals surface area contributed by atoms with E-state index < -0.39 is 0 Å². The van der Waals surface area contributed by atoms with Gasteiger partial charge < -0.3 is 0 Å². The van der Waals surface area contributed by atoms with E-state index in [0.29, 0.717) is 0 Å². The van der Waals surface area contributed by atoms with Crippen molar-refractivity contribution in [2.75, 3.05) is 7.05 Å². The summed E-state index contributed by atoms with van der Waals surface area (Å²) in [6.45, 7) is 4.12. The molecule has 0 heterocycles. The van der Waals surface area contributed by atoms with Gasteiger partial charge in [-0.05, 0) is 13.3 Å². The molecular weight excluding hydrogens is 172 g/mol.